The predicted octanol–water partition coefficient (Wildman–Crippen LogP) is 2.18. The summed E-state index contributed by atoms with van der Waals surface area (Å²) in [7, 11) is -0.201. The van der Waals surface area contributed by atoms with Gasteiger partial charge in [0.2, 0.25) is 5.91 Å². The van der Waals surface area contributed by atoms with Crippen molar-refractivity contribution < 1.29 is 13.2 Å². The van der Waals surface area contributed by atoms with Crippen LogP contribution in [-0.4, -0.2) is 51.2 Å². The molecule has 0 saturated heterocycles. The molecule has 1 N–H and O–H groups in total. The van der Waals surface area contributed by atoms with Gasteiger partial charge in [0.25, 0.3) is 0 Å². The standard InChI is InChI=1S/C17H26N2O3S.ClH/c1-14-6-8-15(9-7-14)23(21,22)17(10-4-5-11-17)16(20)19(3)13-12-18-2;/h6-9,18H,4-5,10-13H2,1-3H3;1H. The lowest BCUT2D eigenvalue weighted by atomic mass is 10.1. The Hall–Kier alpha value is -1.11. The minimum absolute atomic E-state index is 0. The average Bonchev–Trinajstić information content (AvgIpc) is 3.03. The van der Waals surface area contributed by atoms with Crippen LogP contribution in [0.25, 0.3) is 0 Å². The SMILES string of the molecule is CNCCN(C)C(=O)C1(S(=O)(=O)c2ccc(C)cc2)CCCC1.Cl. The molecule has 2 rings (SSSR count). The number of amides is 1. The number of halogens is 1. The molecule has 0 radical (unpaired) electrons. The molecular weight excluding hydrogens is 348 g/mol. The van der Waals surface area contributed by atoms with Crippen molar-refractivity contribution >= 4 is 28.2 Å². The van der Waals surface area contributed by atoms with Gasteiger partial charge in [-0.15, -0.1) is 12.4 Å². The number of nitrogens with one attached hydrogen (secondary N) is 1. The zero-order valence-electron chi connectivity index (χ0n) is 14.5. The Balaban J connectivity index is 0.00000288. The third-order valence-corrected chi connectivity index (χ3v) is 7.20. The fourth-order valence-electron chi connectivity index (χ4n) is 3.22. The van der Waals surface area contributed by atoms with Gasteiger partial charge in [-0.1, -0.05) is 30.5 Å². The molecule has 1 fully saturated rings. The van der Waals surface area contributed by atoms with Crippen molar-refractivity contribution in [2.24, 2.45) is 0 Å². The molecule has 0 atom stereocenters. The van der Waals surface area contributed by atoms with Crippen LogP contribution in [0.3, 0.4) is 0 Å². The lowest BCUT2D eigenvalue weighted by Crippen LogP contribution is -2.52. The van der Waals surface area contributed by atoms with E-state index in [4.69, 9.17) is 0 Å². The number of likely N-dealkylation sites (N-methyl/N-ethyl adjacent to an activating group) is 2. The van der Waals surface area contributed by atoms with Gasteiger partial charge in [-0.05, 0) is 38.9 Å². The molecule has 24 heavy (non-hydrogen) atoms. The molecule has 1 aliphatic rings. The molecule has 0 heterocycles. The molecule has 1 amide bonds. The summed E-state index contributed by atoms with van der Waals surface area (Å²) in [5, 5.41) is 2.99. The van der Waals surface area contributed by atoms with E-state index in [0.717, 1.165) is 18.4 Å². The molecule has 0 unspecified atom stereocenters. The maximum atomic E-state index is 13.2. The summed E-state index contributed by atoms with van der Waals surface area (Å²) < 4.78 is 25.1. The molecule has 0 spiro atoms. The summed E-state index contributed by atoms with van der Waals surface area (Å²) in [4.78, 5) is 14.8. The zero-order valence-corrected chi connectivity index (χ0v) is 16.2. The number of rotatable bonds is 6. The highest BCUT2D eigenvalue weighted by Crippen LogP contribution is 2.41. The van der Waals surface area contributed by atoms with Gasteiger partial charge in [0.05, 0.1) is 4.90 Å². The van der Waals surface area contributed by atoms with Crippen LogP contribution in [-0.2, 0) is 14.6 Å². The monoisotopic (exact) mass is 374 g/mol. The van der Waals surface area contributed by atoms with Crippen molar-refractivity contribution in [3.63, 3.8) is 0 Å². The first-order valence-corrected chi connectivity index (χ1v) is 9.55. The molecule has 5 nitrogen and oxygen atoms in total. The topological polar surface area (TPSA) is 66.5 Å². The Kier molecular flexibility index (Phi) is 7.25. The van der Waals surface area contributed by atoms with E-state index in [1.807, 2.05) is 14.0 Å². The molecule has 1 saturated carbocycles. The number of aryl methyl sites for hydroxylation is 1. The lowest BCUT2D eigenvalue weighted by molar-refractivity contribution is -0.132. The maximum Gasteiger partial charge on any atom is 0.244 e. The Morgan fingerprint density at radius 2 is 1.75 bits per heavy atom. The quantitative estimate of drug-likeness (QED) is 0.828. The largest absolute Gasteiger partial charge is 0.343 e. The van der Waals surface area contributed by atoms with Crippen LogP contribution < -0.4 is 5.32 Å². The summed E-state index contributed by atoms with van der Waals surface area (Å²) in [6.07, 6.45) is 2.37. The summed E-state index contributed by atoms with van der Waals surface area (Å²) in [6, 6.07) is 6.80. The van der Waals surface area contributed by atoms with Crippen LogP contribution >= 0.6 is 12.4 Å². The van der Waals surface area contributed by atoms with Gasteiger partial charge in [-0.2, -0.15) is 0 Å². The summed E-state index contributed by atoms with van der Waals surface area (Å²) in [6.45, 7) is 3.06. The second-order valence-electron chi connectivity index (χ2n) is 6.35. The highest BCUT2D eigenvalue weighted by atomic mass is 35.5. The first kappa shape index (κ1) is 20.9. The van der Waals surface area contributed by atoms with Crippen LogP contribution in [0, 0.1) is 6.92 Å². The van der Waals surface area contributed by atoms with E-state index in [9.17, 15) is 13.2 Å². The highest BCUT2D eigenvalue weighted by molar-refractivity contribution is 7.93. The first-order valence-electron chi connectivity index (χ1n) is 8.06. The normalized spacial score (nSPS) is 16.5. The smallest absolute Gasteiger partial charge is 0.244 e. The van der Waals surface area contributed by atoms with Crippen LogP contribution in [0.1, 0.15) is 31.2 Å². The van der Waals surface area contributed by atoms with E-state index in [1.54, 1.807) is 36.2 Å². The highest BCUT2D eigenvalue weighted by Gasteiger charge is 2.53. The van der Waals surface area contributed by atoms with E-state index in [-0.39, 0.29) is 23.2 Å². The fraction of sp³-hybridized carbons (Fsp3) is 0.588. The second-order valence-corrected chi connectivity index (χ2v) is 8.61. The van der Waals surface area contributed by atoms with Gasteiger partial charge in [0.1, 0.15) is 0 Å². The Bertz CT molecular complexity index is 653. The minimum atomic E-state index is -3.70. The number of hydrogen-bond donors (Lipinski definition) is 1. The van der Waals surface area contributed by atoms with Crippen molar-refractivity contribution in [2.45, 2.75) is 42.2 Å². The van der Waals surface area contributed by atoms with Crippen molar-refractivity contribution in [1.82, 2.24) is 10.2 Å². The molecule has 7 heteroatoms. The van der Waals surface area contributed by atoms with Crippen LogP contribution in [0.5, 0.6) is 0 Å². The van der Waals surface area contributed by atoms with Gasteiger partial charge in [0, 0.05) is 20.1 Å². The van der Waals surface area contributed by atoms with Crippen LogP contribution in [0.4, 0.5) is 0 Å². The predicted molar refractivity (Wildman–Crippen MR) is 98.4 cm³/mol. The number of carbonyl (C=O) groups excluding carboxylic acids is 1. The van der Waals surface area contributed by atoms with E-state index < -0.39 is 14.6 Å². The maximum absolute atomic E-state index is 13.2. The van der Waals surface area contributed by atoms with E-state index in [1.165, 1.54) is 0 Å². The molecule has 136 valence electrons. The van der Waals surface area contributed by atoms with Crippen molar-refractivity contribution in [3.8, 4) is 0 Å². The molecule has 1 aromatic carbocycles. The van der Waals surface area contributed by atoms with E-state index >= 15 is 0 Å². The summed E-state index contributed by atoms with van der Waals surface area (Å²) >= 11 is 0. The zero-order chi connectivity index (χ0) is 17.1. The number of hydrogen-bond acceptors (Lipinski definition) is 4. The number of nitrogens with zero attached hydrogens (tertiary/aromatic N) is 1. The Morgan fingerprint density at radius 1 is 1.21 bits per heavy atom. The van der Waals surface area contributed by atoms with E-state index in [0.29, 0.717) is 25.9 Å². The lowest BCUT2D eigenvalue weighted by Gasteiger charge is -2.32. The molecule has 0 aromatic heterocycles. The van der Waals surface area contributed by atoms with Crippen molar-refractivity contribution in [1.29, 1.82) is 0 Å². The molecule has 0 aliphatic heterocycles. The number of carbonyl (C=O) groups is 1. The Morgan fingerprint density at radius 3 is 2.25 bits per heavy atom. The van der Waals surface area contributed by atoms with Gasteiger partial charge >= 0.3 is 0 Å². The number of benzene rings is 1. The van der Waals surface area contributed by atoms with Gasteiger partial charge in [-0.3, -0.25) is 4.79 Å². The number of sulfone groups is 1. The van der Waals surface area contributed by atoms with Crippen molar-refractivity contribution in [3.05, 3.63) is 29.8 Å². The fourth-order valence-corrected chi connectivity index (χ4v) is 5.37. The molecular formula is C17H27ClN2O3S. The van der Waals surface area contributed by atoms with E-state index in [2.05, 4.69) is 5.32 Å². The average molecular weight is 375 g/mol. The Labute approximate surface area is 151 Å². The van der Waals surface area contributed by atoms with Crippen molar-refractivity contribution in [2.75, 3.05) is 27.2 Å². The molecule has 1 aromatic rings. The van der Waals surface area contributed by atoms with Crippen LogP contribution in [0.15, 0.2) is 29.2 Å². The molecule has 1 aliphatic carbocycles. The van der Waals surface area contributed by atoms with Crippen LogP contribution in [0.2, 0.25) is 0 Å². The van der Waals surface area contributed by atoms with Gasteiger partial charge in [-0.25, -0.2) is 8.42 Å². The minimum Gasteiger partial charge on any atom is -0.343 e. The third-order valence-electron chi connectivity index (χ3n) is 4.69. The third kappa shape index (κ3) is 3.76. The first-order chi connectivity index (χ1) is 10.8. The summed E-state index contributed by atoms with van der Waals surface area (Å²) in [5.74, 6) is -0.272. The second kappa shape index (κ2) is 8.32. The van der Waals surface area contributed by atoms with Gasteiger partial charge < -0.3 is 10.2 Å². The summed E-state index contributed by atoms with van der Waals surface area (Å²) in [5.41, 5.74) is 1.00. The van der Waals surface area contributed by atoms with Gasteiger partial charge in [0.15, 0.2) is 14.6 Å². The molecule has 0 bridgehead atoms.